The number of halogens is 1. The Morgan fingerprint density at radius 3 is 2.71 bits per heavy atom. The molecule has 2 aliphatic heterocycles. The van der Waals surface area contributed by atoms with Gasteiger partial charge in [-0.05, 0) is 24.5 Å². The number of epoxide rings is 1. The first-order chi connectivity index (χ1) is 10.0. The van der Waals surface area contributed by atoms with Gasteiger partial charge in [-0.15, -0.1) is 11.6 Å². The van der Waals surface area contributed by atoms with Crippen LogP contribution in [-0.2, 0) is 20.2 Å². The first kappa shape index (κ1) is 14.5. The highest BCUT2D eigenvalue weighted by Crippen LogP contribution is 2.40. The highest BCUT2D eigenvalue weighted by Gasteiger charge is 2.59. The number of carbonyl (C=O) groups excluding carboxylic acids is 2. The van der Waals surface area contributed by atoms with E-state index in [1.807, 2.05) is 32.0 Å². The molecule has 3 unspecified atom stereocenters. The number of rotatable bonds is 4. The number of ketones is 1. The predicted octanol–water partition coefficient (Wildman–Crippen LogP) is 2.06. The van der Waals surface area contributed by atoms with Crippen LogP contribution in [0.3, 0.4) is 0 Å². The number of nitrogens with one attached hydrogen (secondary N) is 1. The first-order valence-corrected chi connectivity index (χ1v) is 7.69. The standard InChI is InChI=1S/C16H18ClNO3/c1-3-16(8-21-16)14-13(19)12(15(20)18-14)11-5-4-9(2)6-10(11)7-17/h4-6,12,14H,3,7-8H2,1-2H3,(H,18,20). The number of aryl methyl sites for hydroxylation is 1. The zero-order valence-corrected chi connectivity index (χ0v) is 12.9. The Kier molecular flexibility index (Phi) is 3.54. The molecule has 3 atom stereocenters. The Morgan fingerprint density at radius 1 is 1.43 bits per heavy atom. The Bertz CT molecular complexity index is 610. The second-order valence-electron chi connectivity index (χ2n) is 5.82. The van der Waals surface area contributed by atoms with E-state index in [0.29, 0.717) is 18.6 Å². The fourth-order valence-corrected chi connectivity index (χ4v) is 3.31. The highest BCUT2D eigenvalue weighted by atomic mass is 35.5. The van der Waals surface area contributed by atoms with Crippen molar-refractivity contribution in [2.75, 3.05) is 6.61 Å². The van der Waals surface area contributed by atoms with E-state index in [1.165, 1.54) is 0 Å². The van der Waals surface area contributed by atoms with Gasteiger partial charge in [0, 0.05) is 5.88 Å². The number of Topliss-reactive ketones (excluding diaryl/α,β-unsaturated/α-hetero) is 1. The van der Waals surface area contributed by atoms with Gasteiger partial charge in [0.2, 0.25) is 5.91 Å². The number of hydrogen-bond donors (Lipinski definition) is 1. The molecule has 2 heterocycles. The number of carbonyl (C=O) groups is 2. The lowest BCUT2D eigenvalue weighted by Gasteiger charge is -2.16. The maximum Gasteiger partial charge on any atom is 0.235 e. The van der Waals surface area contributed by atoms with E-state index in [2.05, 4.69) is 5.32 Å². The largest absolute Gasteiger partial charge is 0.367 e. The molecule has 1 aromatic rings. The lowest BCUT2D eigenvalue weighted by Crippen LogP contribution is -2.43. The molecule has 112 valence electrons. The van der Waals surface area contributed by atoms with E-state index in [1.54, 1.807) is 0 Å². The second kappa shape index (κ2) is 5.11. The van der Waals surface area contributed by atoms with Gasteiger partial charge in [-0.1, -0.05) is 30.7 Å². The summed E-state index contributed by atoms with van der Waals surface area (Å²) in [5.41, 5.74) is 2.13. The van der Waals surface area contributed by atoms with E-state index in [4.69, 9.17) is 16.3 Å². The minimum Gasteiger partial charge on any atom is -0.367 e. The van der Waals surface area contributed by atoms with Crippen molar-refractivity contribution in [2.24, 2.45) is 0 Å². The third kappa shape index (κ3) is 2.27. The number of benzene rings is 1. The van der Waals surface area contributed by atoms with Gasteiger partial charge in [-0.3, -0.25) is 9.59 Å². The van der Waals surface area contributed by atoms with E-state index in [-0.39, 0.29) is 17.6 Å². The van der Waals surface area contributed by atoms with Crippen LogP contribution < -0.4 is 5.32 Å². The summed E-state index contributed by atoms with van der Waals surface area (Å²) in [4.78, 5) is 25.0. The summed E-state index contributed by atoms with van der Waals surface area (Å²) in [5.74, 6) is -0.830. The maximum atomic E-state index is 12.7. The summed E-state index contributed by atoms with van der Waals surface area (Å²) in [7, 11) is 0. The van der Waals surface area contributed by atoms with Gasteiger partial charge in [-0.2, -0.15) is 0 Å². The maximum absolute atomic E-state index is 12.7. The topological polar surface area (TPSA) is 58.7 Å². The third-order valence-corrected chi connectivity index (χ3v) is 4.80. The molecular formula is C16H18ClNO3. The molecule has 2 aliphatic rings. The van der Waals surface area contributed by atoms with E-state index >= 15 is 0 Å². The van der Waals surface area contributed by atoms with Gasteiger partial charge in [0.15, 0.2) is 5.78 Å². The Hall–Kier alpha value is -1.39. The molecule has 0 spiro atoms. The average Bonchev–Trinajstić information content (AvgIpc) is 3.21. The monoisotopic (exact) mass is 307 g/mol. The van der Waals surface area contributed by atoms with E-state index < -0.39 is 17.6 Å². The van der Waals surface area contributed by atoms with Crippen LogP contribution in [0.25, 0.3) is 0 Å². The minimum absolute atomic E-state index is 0.102. The molecule has 1 N–H and O–H groups in total. The van der Waals surface area contributed by atoms with Crippen LogP contribution in [0, 0.1) is 6.92 Å². The number of alkyl halides is 1. The lowest BCUT2D eigenvalue weighted by molar-refractivity contribution is -0.124. The second-order valence-corrected chi connectivity index (χ2v) is 6.09. The van der Waals surface area contributed by atoms with Crippen molar-refractivity contribution in [3.05, 3.63) is 34.9 Å². The van der Waals surface area contributed by atoms with Gasteiger partial charge in [0.05, 0.1) is 6.61 Å². The molecule has 0 aliphatic carbocycles. The molecular weight excluding hydrogens is 290 g/mol. The Balaban J connectivity index is 1.96. The van der Waals surface area contributed by atoms with Crippen LogP contribution in [-0.4, -0.2) is 29.9 Å². The Labute approximate surface area is 128 Å². The first-order valence-electron chi connectivity index (χ1n) is 7.16. The molecule has 0 saturated carbocycles. The van der Waals surface area contributed by atoms with Crippen LogP contribution in [0.5, 0.6) is 0 Å². The Morgan fingerprint density at radius 2 is 2.14 bits per heavy atom. The number of ether oxygens (including phenoxy) is 1. The lowest BCUT2D eigenvalue weighted by atomic mass is 9.86. The van der Waals surface area contributed by atoms with Crippen molar-refractivity contribution in [1.29, 1.82) is 0 Å². The van der Waals surface area contributed by atoms with Crippen LogP contribution >= 0.6 is 11.6 Å². The summed E-state index contributed by atoms with van der Waals surface area (Å²) in [6, 6.07) is 5.13. The SMILES string of the molecule is CCC1(C2NC(=O)C(c3ccc(C)cc3CCl)C2=O)CO1. The number of amides is 1. The molecule has 3 rings (SSSR count). The minimum atomic E-state index is -0.767. The van der Waals surface area contributed by atoms with Gasteiger partial charge in [0.1, 0.15) is 17.6 Å². The third-order valence-electron chi connectivity index (χ3n) is 4.51. The van der Waals surface area contributed by atoms with Gasteiger partial charge < -0.3 is 10.1 Å². The molecule has 4 nitrogen and oxygen atoms in total. The zero-order chi connectivity index (χ0) is 15.2. The predicted molar refractivity (Wildman–Crippen MR) is 79.4 cm³/mol. The van der Waals surface area contributed by atoms with Crippen LogP contribution in [0.15, 0.2) is 18.2 Å². The van der Waals surface area contributed by atoms with Crippen molar-refractivity contribution in [2.45, 2.75) is 43.7 Å². The van der Waals surface area contributed by atoms with E-state index in [0.717, 1.165) is 11.1 Å². The average molecular weight is 308 g/mol. The fourth-order valence-electron chi connectivity index (χ4n) is 3.08. The molecule has 21 heavy (non-hydrogen) atoms. The molecule has 0 bridgehead atoms. The quantitative estimate of drug-likeness (QED) is 0.526. The molecule has 2 saturated heterocycles. The summed E-state index contributed by atoms with van der Waals surface area (Å²) in [6.45, 7) is 4.46. The van der Waals surface area contributed by atoms with E-state index in [9.17, 15) is 9.59 Å². The van der Waals surface area contributed by atoms with Crippen LogP contribution in [0.1, 0.15) is 36.0 Å². The molecule has 2 fully saturated rings. The summed E-state index contributed by atoms with van der Waals surface area (Å²) in [5, 5.41) is 2.82. The van der Waals surface area contributed by atoms with Gasteiger partial charge in [0.25, 0.3) is 0 Å². The molecule has 1 amide bonds. The van der Waals surface area contributed by atoms with Gasteiger partial charge >= 0.3 is 0 Å². The zero-order valence-electron chi connectivity index (χ0n) is 12.1. The smallest absolute Gasteiger partial charge is 0.235 e. The highest BCUT2D eigenvalue weighted by molar-refractivity contribution is 6.18. The van der Waals surface area contributed by atoms with Gasteiger partial charge in [-0.25, -0.2) is 0 Å². The molecule has 5 heteroatoms. The summed E-state index contributed by atoms with van der Waals surface area (Å²) < 4.78 is 5.45. The van der Waals surface area contributed by atoms with Crippen LogP contribution in [0.4, 0.5) is 0 Å². The van der Waals surface area contributed by atoms with Crippen molar-refractivity contribution in [3.8, 4) is 0 Å². The van der Waals surface area contributed by atoms with Crippen LogP contribution in [0.2, 0.25) is 0 Å². The number of hydrogen-bond acceptors (Lipinski definition) is 3. The molecule has 1 aromatic carbocycles. The van der Waals surface area contributed by atoms with Crippen molar-refractivity contribution < 1.29 is 14.3 Å². The van der Waals surface area contributed by atoms with Crippen molar-refractivity contribution >= 4 is 23.3 Å². The molecule has 0 radical (unpaired) electrons. The van der Waals surface area contributed by atoms with Crippen molar-refractivity contribution in [1.82, 2.24) is 5.32 Å². The molecule has 0 aromatic heterocycles. The summed E-state index contributed by atoms with van der Waals surface area (Å²) >= 11 is 5.98. The normalized spacial score (nSPS) is 31.4. The fraction of sp³-hybridized carbons (Fsp3) is 0.500. The summed E-state index contributed by atoms with van der Waals surface area (Å²) in [6.07, 6.45) is 0.715. The van der Waals surface area contributed by atoms with Crippen molar-refractivity contribution in [3.63, 3.8) is 0 Å².